The number of halogens is 2. The Hall–Kier alpha value is -2.96. The maximum absolute atomic E-state index is 13.7. The van der Waals surface area contributed by atoms with Gasteiger partial charge < -0.3 is 14.8 Å². The van der Waals surface area contributed by atoms with Crippen molar-refractivity contribution in [1.29, 1.82) is 0 Å². The van der Waals surface area contributed by atoms with Crippen molar-refractivity contribution in [3.63, 3.8) is 0 Å². The Morgan fingerprint density at radius 1 is 1.15 bits per heavy atom. The molecule has 0 aliphatic heterocycles. The predicted octanol–water partition coefficient (Wildman–Crippen LogP) is 3.32. The number of benzene rings is 2. The van der Waals surface area contributed by atoms with Crippen LogP contribution in [0.3, 0.4) is 0 Å². The van der Waals surface area contributed by atoms with Crippen molar-refractivity contribution >= 4 is 11.9 Å². The summed E-state index contributed by atoms with van der Waals surface area (Å²) in [6.45, 7) is 2.85. The largest absolute Gasteiger partial charge is 0.496 e. The van der Waals surface area contributed by atoms with Crippen molar-refractivity contribution in [3.8, 4) is 5.75 Å². The van der Waals surface area contributed by atoms with E-state index in [9.17, 15) is 18.4 Å². The number of ether oxygens (including phenoxy) is 2. The van der Waals surface area contributed by atoms with Gasteiger partial charge in [0.2, 0.25) is 0 Å². The zero-order valence-electron chi connectivity index (χ0n) is 14.6. The third-order valence-electron chi connectivity index (χ3n) is 3.78. The van der Waals surface area contributed by atoms with E-state index in [0.29, 0.717) is 5.75 Å². The number of esters is 1. The standard InChI is InChI=1S/C19H19F2NO4/c1-11-4-5-13(8-17(11)25-3)19(24)26-10-18(23)22-12(2)15-7-6-14(20)9-16(15)21/h4-9,12H,10H2,1-3H3,(H,22,23)/t12-/m1/s1. The van der Waals surface area contributed by atoms with Crippen molar-refractivity contribution in [2.45, 2.75) is 19.9 Å². The molecule has 5 nitrogen and oxygen atoms in total. The molecule has 2 rings (SSSR count). The highest BCUT2D eigenvalue weighted by atomic mass is 19.1. The highest BCUT2D eigenvalue weighted by Gasteiger charge is 2.16. The third kappa shape index (κ3) is 4.78. The summed E-state index contributed by atoms with van der Waals surface area (Å²) in [5.74, 6) is -2.22. The average molecular weight is 363 g/mol. The van der Waals surface area contributed by atoms with Crippen molar-refractivity contribution in [3.05, 3.63) is 64.7 Å². The Bertz CT molecular complexity index is 823. The summed E-state index contributed by atoms with van der Waals surface area (Å²) in [6, 6.07) is 7.17. The smallest absolute Gasteiger partial charge is 0.338 e. The fourth-order valence-corrected chi connectivity index (χ4v) is 2.37. The van der Waals surface area contributed by atoms with Gasteiger partial charge in [0.15, 0.2) is 6.61 Å². The number of carbonyl (C=O) groups excluding carboxylic acids is 2. The van der Waals surface area contributed by atoms with Crippen LogP contribution in [0.5, 0.6) is 5.75 Å². The molecule has 0 aromatic heterocycles. The fraction of sp³-hybridized carbons (Fsp3) is 0.263. The van der Waals surface area contributed by atoms with Crippen LogP contribution >= 0.6 is 0 Å². The van der Waals surface area contributed by atoms with E-state index in [4.69, 9.17) is 9.47 Å². The third-order valence-corrected chi connectivity index (χ3v) is 3.78. The number of hydrogen-bond donors (Lipinski definition) is 1. The second-order valence-electron chi connectivity index (χ2n) is 5.72. The van der Waals surface area contributed by atoms with Crippen LogP contribution in [0, 0.1) is 18.6 Å². The van der Waals surface area contributed by atoms with Crippen LogP contribution in [0.2, 0.25) is 0 Å². The second-order valence-corrected chi connectivity index (χ2v) is 5.72. The first-order chi connectivity index (χ1) is 12.3. The van der Waals surface area contributed by atoms with Gasteiger partial charge >= 0.3 is 5.97 Å². The van der Waals surface area contributed by atoms with Crippen LogP contribution in [0.4, 0.5) is 8.78 Å². The van der Waals surface area contributed by atoms with Crippen molar-refractivity contribution in [2.75, 3.05) is 13.7 Å². The molecule has 26 heavy (non-hydrogen) atoms. The monoisotopic (exact) mass is 363 g/mol. The van der Waals surface area contributed by atoms with E-state index in [1.54, 1.807) is 19.1 Å². The topological polar surface area (TPSA) is 64.6 Å². The van der Waals surface area contributed by atoms with Crippen LogP contribution in [-0.2, 0) is 9.53 Å². The average Bonchev–Trinajstić information content (AvgIpc) is 2.59. The summed E-state index contributed by atoms with van der Waals surface area (Å²) in [5.41, 5.74) is 1.24. The van der Waals surface area contributed by atoms with Gasteiger partial charge in [0.05, 0.1) is 18.7 Å². The molecule has 0 fully saturated rings. The molecular formula is C19H19F2NO4. The Labute approximate surface area is 149 Å². The van der Waals surface area contributed by atoms with Gasteiger partial charge in [-0.3, -0.25) is 4.79 Å². The lowest BCUT2D eigenvalue weighted by atomic mass is 10.1. The number of aryl methyl sites for hydroxylation is 1. The summed E-state index contributed by atoms with van der Waals surface area (Å²) >= 11 is 0. The van der Waals surface area contributed by atoms with Gasteiger partial charge in [0, 0.05) is 11.6 Å². The van der Waals surface area contributed by atoms with Gasteiger partial charge in [0.25, 0.3) is 5.91 Å². The summed E-state index contributed by atoms with van der Waals surface area (Å²) in [6.07, 6.45) is 0. The summed E-state index contributed by atoms with van der Waals surface area (Å²) in [4.78, 5) is 23.9. The maximum atomic E-state index is 13.7. The van der Waals surface area contributed by atoms with Crippen LogP contribution in [0.25, 0.3) is 0 Å². The van der Waals surface area contributed by atoms with E-state index in [-0.39, 0.29) is 11.1 Å². The molecule has 0 saturated carbocycles. The van der Waals surface area contributed by atoms with E-state index in [0.717, 1.165) is 17.7 Å². The van der Waals surface area contributed by atoms with Crippen molar-refractivity contribution in [2.24, 2.45) is 0 Å². The SMILES string of the molecule is COc1cc(C(=O)OCC(=O)N[C@H](C)c2ccc(F)cc2F)ccc1C. The quantitative estimate of drug-likeness (QED) is 0.800. The Morgan fingerprint density at radius 2 is 1.88 bits per heavy atom. The van der Waals surface area contributed by atoms with Crippen LogP contribution < -0.4 is 10.1 Å². The van der Waals surface area contributed by atoms with Gasteiger partial charge in [-0.25, -0.2) is 13.6 Å². The molecule has 0 aliphatic carbocycles. The van der Waals surface area contributed by atoms with Gasteiger partial charge in [-0.15, -0.1) is 0 Å². The number of hydrogen-bond acceptors (Lipinski definition) is 4. The molecule has 2 aromatic rings. The first-order valence-corrected chi connectivity index (χ1v) is 7.88. The molecule has 0 heterocycles. The summed E-state index contributed by atoms with van der Waals surface area (Å²) < 4.78 is 36.7. The van der Waals surface area contributed by atoms with E-state index < -0.39 is 36.2 Å². The minimum absolute atomic E-state index is 0.134. The van der Waals surface area contributed by atoms with Gasteiger partial charge in [-0.05, 0) is 37.6 Å². The molecule has 0 bridgehead atoms. The predicted molar refractivity (Wildman–Crippen MR) is 90.9 cm³/mol. The number of methoxy groups -OCH3 is 1. The Balaban J connectivity index is 1.92. The molecule has 0 aliphatic rings. The molecule has 0 saturated heterocycles. The second kappa shape index (κ2) is 8.42. The lowest BCUT2D eigenvalue weighted by Crippen LogP contribution is -2.31. The van der Waals surface area contributed by atoms with Crippen molar-refractivity contribution < 1.29 is 27.8 Å². The lowest BCUT2D eigenvalue weighted by molar-refractivity contribution is -0.124. The normalized spacial score (nSPS) is 11.6. The molecule has 7 heteroatoms. The zero-order chi connectivity index (χ0) is 19.3. The highest BCUT2D eigenvalue weighted by Crippen LogP contribution is 2.20. The first-order valence-electron chi connectivity index (χ1n) is 7.88. The molecule has 0 radical (unpaired) electrons. The maximum Gasteiger partial charge on any atom is 0.338 e. The fourth-order valence-electron chi connectivity index (χ4n) is 2.37. The van der Waals surface area contributed by atoms with Crippen LogP contribution in [0.15, 0.2) is 36.4 Å². The molecule has 2 aromatic carbocycles. The molecule has 0 spiro atoms. The molecule has 138 valence electrons. The molecule has 1 atom stereocenters. The molecule has 0 unspecified atom stereocenters. The Kier molecular flexibility index (Phi) is 6.27. The summed E-state index contributed by atoms with van der Waals surface area (Å²) in [5, 5.41) is 2.49. The number of rotatable bonds is 6. The molecule has 1 amide bonds. The van der Waals surface area contributed by atoms with Gasteiger partial charge in [-0.1, -0.05) is 12.1 Å². The first kappa shape index (κ1) is 19.4. The highest BCUT2D eigenvalue weighted by molar-refractivity contribution is 5.91. The number of carbonyl (C=O) groups is 2. The van der Waals surface area contributed by atoms with E-state index in [2.05, 4.69) is 5.32 Å². The molecule has 1 N–H and O–H groups in total. The minimum Gasteiger partial charge on any atom is -0.496 e. The van der Waals surface area contributed by atoms with E-state index >= 15 is 0 Å². The van der Waals surface area contributed by atoms with Crippen LogP contribution in [0.1, 0.15) is 34.5 Å². The zero-order valence-corrected chi connectivity index (χ0v) is 14.6. The Morgan fingerprint density at radius 3 is 2.54 bits per heavy atom. The minimum atomic E-state index is -0.762. The van der Waals surface area contributed by atoms with Gasteiger partial charge in [-0.2, -0.15) is 0 Å². The van der Waals surface area contributed by atoms with Gasteiger partial charge in [0.1, 0.15) is 17.4 Å². The van der Waals surface area contributed by atoms with E-state index in [1.165, 1.54) is 19.2 Å². The summed E-state index contributed by atoms with van der Waals surface area (Å²) in [7, 11) is 1.49. The number of nitrogens with one attached hydrogen (secondary N) is 1. The van der Waals surface area contributed by atoms with Crippen LogP contribution in [-0.4, -0.2) is 25.6 Å². The number of amides is 1. The van der Waals surface area contributed by atoms with E-state index in [1.807, 2.05) is 6.92 Å². The molecular weight excluding hydrogens is 344 g/mol. The lowest BCUT2D eigenvalue weighted by Gasteiger charge is -2.15. The van der Waals surface area contributed by atoms with Crippen molar-refractivity contribution in [1.82, 2.24) is 5.32 Å².